The molecule has 0 amide bonds. The highest BCUT2D eigenvalue weighted by atomic mass is 32.2. The molecule has 0 aliphatic carbocycles. The van der Waals surface area contributed by atoms with Crippen LogP contribution in [0.25, 0.3) is 0 Å². The normalized spacial score (nSPS) is 41.9. The highest BCUT2D eigenvalue weighted by Crippen LogP contribution is 2.39. The molecule has 1 N–H and O–H groups in total. The minimum absolute atomic E-state index is 0.0629. The second-order valence-corrected chi connectivity index (χ2v) is 7.74. The fourth-order valence-corrected chi connectivity index (χ4v) is 3.55. The van der Waals surface area contributed by atoms with Gasteiger partial charge in [-0.05, 0) is 33.1 Å². The molecule has 1 saturated heterocycles. The van der Waals surface area contributed by atoms with Crippen molar-refractivity contribution in [1.29, 1.82) is 0 Å². The monoisotopic (exact) mass is 277 g/mol. The van der Waals surface area contributed by atoms with Crippen molar-refractivity contribution in [2.75, 3.05) is 6.26 Å². The van der Waals surface area contributed by atoms with Gasteiger partial charge in [-0.2, -0.15) is 8.42 Å². The van der Waals surface area contributed by atoms with E-state index in [2.05, 4.69) is 39.9 Å². The van der Waals surface area contributed by atoms with Crippen LogP contribution in [0, 0.1) is 5.92 Å². The topological polar surface area (TPSA) is 55.4 Å². The van der Waals surface area contributed by atoms with Crippen molar-refractivity contribution in [3.63, 3.8) is 0 Å². The van der Waals surface area contributed by atoms with Crippen LogP contribution in [0.15, 0.2) is 0 Å². The first-order valence-electron chi connectivity index (χ1n) is 6.73. The Hall–Kier alpha value is -0.130. The first-order chi connectivity index (χ1) is 8.05. The molecule has 1 heterocycles. The van der Waals surface area contributed by atoms with Crippen LogP contribution >= 0.6 is 0 Å². The fraction of sp³-hybridized carbons (Fsp3) is 1.00. The Morgan fingerprint density at radius 1 is 1.28 bits per heavy atom. The number of piperidine rings is 1. The fourth-order valence-electron chi connectivity index (χ4n) is 2.87. The molecule has 0 aromatic heterocycles. The zero-order valence-corrected chi connectivity index (χ0v) is 13.2. The van der Waals surface area contributed by atoms with Gasteiger partial charge >= 0.3 is 0 Å². The second-order valence-electron chi connectivity index (χ2n) is 6.14. The summed E-state index contributed by atoms with van der Waals surface area (Å²) in [6, 6.07) is 0. The van der Waals surface area contributed by atoms with E-state index in [1.54, 1.807) is 0 Å². The summed E-state index contributed by atoms with van der Waals surface area (Å²) < 4.78 is 28.1. The molecule has 0 saturated carbocycles. The van der Waals surface area contributed by atoms with Gasteiger partial charge in [0.15, 0.2) is 0 Å². The lowest BCUT2D eigenvalue weighted by Gasteiger charge is -2.52. The highest BCUT2D eigenvalue weighted by Gasteiger charge is 2.47. The molecule has 1 rings (SSSR count). The van der Waals surface area contributed by atoms with Crippen molar-refractivity contribution in [2.45, 2.75) is 71.1 Å². The van der Waals surface area contributed by atoms with Crippen molar-refractivity contribution in [2.24, 2.45) is 5.92 Å². The van der Waals surface area contributed by atoms with Crippen LogP contribution in [-0.2, 0) is 14.3 Å². The average Bonchev–Trinajstić information content (AvgIpc) is 2.23. The average molecular weight is 277 g/mol. The number of hydrogen-bond acceptors (Lipinski definition) is 4. The lowest BCUT2D eigenvalue weighted by molar-refractivity contribution is -0.0100. The van der Waals surface area contributed by atoms with Gasteiger partial charge in [0.1, 0.15) is 0 Å². The minimum atomic E-state index is -3.40. The van der Waals surface area contributed by atoms with Crippen molar-refractivity contribution in [1.82, 2.24) is 5.32 Å². The maximum Gasteiger partial charge on any atom is 0.264 e. The van der Waals surface area contributed by atoms with Crippen LogP contribution < -0.4 is 5.32 Å². The molecule has 4 unspecified atom stereocenters. The summed E-state index contributed by atoms with van der Waals surface area (Å²) in [5.41, 5.74) is -0.148. The van der Waals surface area contributed by atoms with Crippen LogP contribution in [0.1, 0.15) is 53.9 Å². The third-order valence-electron chi connectivity index (χ3n) is 4.61. The van der Waals surface area contributed by atoms with E-state index < -0.39 is 10.1 Å². The Balaban J connectivity index is 3.03. The quantitative estimate of drug-likeness (QED) is 0.801. The molecule has 1 aliphatic heterocycles. The molecule has 5 heteroatoms. The molecule has 1 fully saturated rings. The molecule has 0 aromatic rings. The standard InChI is InChI=1S/C13H27NO3S/c1-7-12(4)9-11(17-18(6,15)16)10(3)13(5,8-2)14-12/h10-11,14H,7-9H2,1-6H3. The predicted octanol–water partition coefficient (Wildman–Crippen LogP) is 2.30. The largest absolute Gasteiger partial charge is 0.306 e. The van der Waals surface area contributed by atoms with Gasteiger partial charge in [0.05, 0.1) is 12.4 Å². The first-order valence-corrected chi connectivity index (χ1v) is 8.54. The number of hydrogen-bond donors (Lipinski definition) is 1. The first kappa shape index (κ1) is 15.9. The summed E-state index contributed by atoms with van der Waals surface area (Å²) in [5.74, 6) is 0.164. The van der Waals surface area contributed by atoms with E-state index in [0.29, 0.717) is 0 Å². The van der Waals surface area contributed by atoms with Gasteiger partial charge in [-0.1, -0.05) is 20.8 Å². The molecule has 18 heavy (non-hydrogen) atoms. The van der Waals surface area contributed by atoms with E-state index in [1.165, 1.54) is 0 Å². The molecule has 1 aliphatic rings. The van der Waals surface area contributed by atoms with E-state index >= 15 is 0 Å². The van der Waals surface area contributed by atoms with Crippen LogP contribution in [0.3, 0.4) is 0 Å². The molecule has 0 spiro atoms. The van der Waals surface area contributed by atoms with Crippen molar-refractivity contribution in [3.05, 3.63) is 0 Å². The molecule has 108 valence electrons. The van der Waals surface area contributed by atoms with Crippen LogP contribution in [0.4, 0.5) is 0 Å². The minimum Gasteiger partial charge on any atom is -0.306 e. The molecule has 4 nitrogen and oxygen atoms in total. The van der Waals surface area contributed by atoms with Gasteiger partial charge in [-0.3, -0.25) is 4.18 Å². The van der Waals surface area contributed by atoms with E-state index in [1.807, 2.05) is 0 Å². The Bertz CT molecular complexity index is 395. The second kappa shape index (κ2) is 5.10. The zero-order chi connectivity index (χ0) is 14.2. The van der Waals surface area contributed by atoms with Gasteiger partial charge in [0.25, 0.3) is 10.1 Å². The third-order valence-corrected chi connectivity index (χ3v) is 5.21. The number of nitrogens with one attached hydrogen (secondary N) is 1. The molecular weight excluding hydrogens is 250 g/mol. The maximum absolute atomic E-state index is 11.4. The summed E-state index contributed by atoms with van der Waals surface area (Å²) in [4.78, 5) is 0. The number of rotatable bonds is 4. The Morgan fingerprint density at radius 2 is 1.83 bits per heavy atom. The molecule has 0 bridgehead atoms. The van der Waals surface area contributed by atoms with Crippen LogP contribution in [-0.4, -0.2) is 31.9 Å². The van der Waals surface area contributed by atoms with E-state index in [0.717, 1.165) is 25.5 Å². The SMILES string of the molecule is CCC1(C)CC(OS(C)(=O)=O)C(C)C(C)(CC)N1. The summed E-state index contributed by atoms with van der Waals surface area (Å²) in [6.07, 6.45) is 3.53. The Labute approximate surface area is 112 Å². The van der Waals surface area contributed by atoms with Gasteiger partial charge < -0.3 is 5.32 Å². The lowest BCUT2D eigenvalue weighted by atomic mass is 9.70. The molecule has 4 atom stereocenters. The van der Waals surface area contributed by atoms with E-state index in [9.17, 15) is 8.42 Å². The van der Waals surface area contributed by atoms with Crippen molar-refractivity contribution < 1.29 is 12.6 Å². The highest BCUT2D eigenvalue weighted by molar-refractivity contribution is 7.86. The van der Waals surface area contributed by atoms with Gasteiger partial charge in [-0.25, -0.2) is 0 Å². The van der Waals surface area contributed by atoms with Crippen molar-refractivity contribution in [3.8, 4) is 0 Å². The molecule has 0 aromatic carbocycles. The van der Waals surface area contributed by atoms with Crippen LogP contribution in [0.5, 0.6) is 0 Å². The molecule has 0 radical (unpaired) electrons. The smallest absolute Gasteiger partial charge is 0.264 e. The summed E-state index contributed by atoms with van der Waals surface area (Å²) in [5, 5.41) is 3.70. The lowest BCUT2D eigenvalue weighted by Crippen LogP contribution is -2.66. The third kappa shape index (κ3) is 3.45. The summed E-state index contributed by atoms with van der Waals surface area (Å²) >= 11 is 0. The van der Waals surface area contributed by atoms with E-state index in [4.69, 9.17) is 4.18 Å². The Kier molecular flexibility index (Phi) is 4.51. The van der Waals surface area contributed by atoms with Crippen LogP contribution in [0.2, 0.25) is 0 Å². The molecular formula is C13H27NO3S. The van der Waals surface area contributed by atoms with Gasteiger partial charge in [-0.15, -0.1) is 0 Å². The summed E-state index contributed by atoms with van der Waals surface area (Å²) in [7, 11) is -3.40. The maximum atomic E-state index is 11.4. The summed E-state index contributed by atoms with van der Waals surface area (Å²) in [6.45, 7) is 10.6. The van der Waals surface area contributed by atoms with Gasteiger partial charge in [0.2, 0.25) is 0 Å². The van der Waals surface area contributed by atoms with Crippen molar-refractivity contribution >= 4 is 10.1 Å². The zero-order valence-electron chi connectivity index (χ0n) is 12.4. The Morgan fingerprint density at radius 3 is 2.22 bits per heavy atom. The predicted molar refractivity (Wildman–Crippen MR) is 74.0 cm³/mol. The van der Waals surface area contributed by atoms with E-state index in [-0.39, 0.29) is 23.1 Å². The van der Waals surface area contributed by atoms with Gasteiger partial charge in [0, 0.05) is 17.0 Å².